The fourth-order valence-electron chi connectivity index (χ4n) is 4.06. The Hall–Kier alpha value is -3.51. The largest absolute Gasteiger partial charge is 0.322 e. The Labute approximate surface area is 183 Å². The summed E-state index contributed by atoms with van der Waals surface area (Å²) in [5.74, 6) is -0.440. The van der Waals surface area contributed by atoms with Crippen LogP contribution in [0.5, 0.6) is 0 Å². The molecule has 0 fully saturated rings. The van der Waals surface area contributed by atoms with E-state index in [2.05, 4.69) is 4.99 Å². The second kappa shape index (κ2) is 7.96. The van der Waals surface area contributed by atoms with Crippen molar-refractivity contribution in [1.29, 1.82) is 0 Å². The number of hydrogen-bond donors (Lipinski definition) is 0. The quantitative estimate of drug-likeness (QED) is 0.487. The van der Waals surface area contributed by atoms with E-state index < -0.39 is 6.04 Å². The Morgan fingerprint density at radius 3 is 2.35 bits per heavy atom. The van der Waals surface area contributed by atoms with Crippen LogP contribution in [-0.4, -0.2) is 27.3 Å². The predicted octanol–water partition coefficient (Wildman–Crippen LogP) is 3.93. The number of carbonyl (C=O) groups excluding carboxylic acids is 2. The van der Waals surface area contributed by atoms with Gasteiger partial charge in [-0.1, -0.05) is 65.9 Å². The summed E-state index contributed by atoms with van der Waals surface area (Å²) in [6.07, 6.45) is 0.464. The lowest BCUT2D eigenvalue weighted by Crippen LogP contribution is -2.48. The van der Waals surface area contributed by atoms with E-state index in [0.29, 0.717) is 23.3 Å². The molecule has 0 aliphatic carbocycles. The Morgan fingerprint density at radius 2 is 1.58 bits per heavy atom. The van der Waals surface area contributed by atoms with Crippen molar-refractivity contribution in [3.8, 4) is 0 Å². The molecule has 3 aromatic carbocycles. The summed E-state index contributed by atoms with van der Waals surface area (Å²) in [4.78, 5) is 33.5. The van der Waals surface area contributed by atoms with Gasteiger partial charge in [-0.2, -0.15) is 4.99 Å². The van der Waals surface area contributed by atoms with Crippen molar-refractivity contribution in [3.63, 3.8) is 0 Å². The molecule has 2 amide bonds. The summed E-state index contributed by atoms with van der Waals surface area (Å²) in [5, 5.41) is 0. The molecule has 1 aliphatic heterocycles. The van der Waals surface area contributed by atoms with Gasteiger partial charge in [-0.15, -0.1) is 0 Å². The molecule has 31 heavy (non-hydrogen) atoms. The highest BCUT2D eigenvalue weighted by atomic mass is 32.1. The molecule has 5 rings (SSSR count). The first-order valence-corrected chi connectivity index (χ1v) is 11.0. The van der Waals surface area contributed by atoms with Crippen LogP contribution in [0.2, 0.25) is 0 Å². The zero-order valence-electron chi connectivity index (χ0n) is 17.1. The molecule has 154 valence electrons. The van der Waals surface area contributed by atoms with Gasteiger partial charge in [-0.25, -0.2) is 0 Å². The van der Waals surface area contributed by atoms with Crippen molar-refractivity contribution in [2.75, 3.05) is 0 Å². The fraction of sp³-hybridized carbons (Fsp3) is 0.160. The number of amides is 2. The molecule has 1 unspecified atom stereocenters. The summed E-state index contributed by atoms with van der Waals surface area (Å²) in [6.45, 7) is 0.397. The zero-order valence-corrected chi connectivity index (χ0v) is 17.9. The minimum atomic E-state index is -0.632. The van der Waals surface area contributed by atoms with Gasteiger partial charge in [0.2, 0.25) is 0 Å². The Bertz CT molecular complexity index is 1350. The van der Waals surface area contributed by atoms with Gasteiger partial charge in [0.15, 0.2) is 4.80 Å². The van der Waals surface area contributed by atoms with E-state index in [9.17, 15) is 9.59 Å². The summed E-state index contributed by atoms with van der Waals surface area (Å²) in [6, 6.07) is 24.4. The van der Waals surface area contributed by atoms with E-state index in [1.807, 2.05) is 78.3 Å². The standard InChI is InChI=1S/C25H21N3O2S/c1-27-20-13-7-8-14-22(20)31-25(27)26-23(29)21-15-18-11-5-6-12-19(18)16-28(21)24(30)17-9-3-2-4-10-17/h2-14,21H,15-16H2,1H3. The SMILES string of the molecule is Cn1c(=NC(=O)C2Cc3ccccc3CN2C(=O)c2ccccc2)sc2ccccc21. The highest BCUT2D eigenvalue weighted by Crippen LogP contribution is 2.26. The number of aromatic nitrogens is 1. The highest BCUT2D eigenvalue weighted by Gasteiger charge is 2.35. The Balaban J connectivity index is 1.56. The lowest BCUT2D eigenvalue weighted by atomic mass is 9.93. The van der Waals surface area contributed by atoms with Crippen LogP contribution in [0.15, 0.2) is 83.9 Å². The van der Waals surface area contributed by atoms with Crippen LogP contribution < -0.4 is 4.80 Å². The van der Waals surface area contributed by atoms with Gasteiger partial charge in [0.1, 0.15) is 6.04 Å². The number of nitrogens with zero attached hydrogens (tertiary/aromatic N) is 3. The average molecular weight is 428 g/mol. The normalized spacial score (nSPS) is 16.4. The molecule has 0 N–H and O–H groups in total. The van der Waals surface area contributed by atoms with Gasteiger partial charge in [0, 0.05) is 25.6 Å². The van der Waals surface area contributed by atoms with Crippen molar-refractivity contribution in [3.05, 3.63) is 100 Å². The monoisotopic (exact) mass is 427 g/mol. The summed E-state index contributed by atoms with van der Waals surface area (Å²) < 4.78 is 3.00. The van der Waals surface area contributed by atoms with E-state index in [4.69, 9.17) is 0 Å². The first-order valence-electron chi connectivity index (χ1n) is 10.2. The van der Waals surface area contributed by atoms with Crippen LogP contribution in [0.25, 0.3) is 10.2 Å². The van der Waals surface area contributed by atoms with Crippen LogP contribution >= 0.6 is 11.3 Å². The van der Waals surface area contributed by atoms with Gasteiger partial charge in [0.05, 0.1) is 10.2 Å². The third-order valence-corrected chi connectivity index (χ3v) is 6.85. The molecule has 0 saturated carbocycles. The smallest absolute Gasteiger partial charge is 0.271 e. The summed E-state index contributed by atoms with van der Waals surface area (Å²) in [5.41, 5.74) is 3.77. The molecular weight excluding hydrogens is 406 g/mol. The van der Waals surface area contributed by atoms with Crippen molar-refractivity contribution in [2.45, 2.75) is 19.0 Å². The summed E-state index contributed by atoms with van der Waals surface area (Å²) in [7, 11) is 1.91. The first-order chi connectivity index (χ1) is 15.1. The van der Waals surface area contributed by atoms with Crippen molar-refractivity contribution < 1.29 is 9.59 Å². The van der Waals surface area contributed by atoms with Crippen LogP contribution in [0.4, 0.5) is 0 Å². The minimum Gasteiger partial charge on any atom is -0.322 e. The number of benzene rings is 3. The maximum absolute atomic E-state index is 13.4. The number of fused-ring (bicyclic) bond motifs is 2. The Morgan fingerprint density at radius 1 is 0.903 bits per heavy atom. The molecule has 1 aromatic heterocycles. The first kappa shape index (κ1) is 19.5. The van der Waals surface area contributed by atoms with Gasteiger partial charge in [0.25, 0.3) is 11.8 Å². The molecule has 2 heterocycles. The maximum atomic E-state index is 13.4. The van der Waals surface area contributed by atoms with Crippen LogP contribution in [0.3, 0.4) is 0 Å². The molecule has 0 radical (unpaired) electrons. The van der Waals surface area contributed by atoms with Gasteiger partial charge >= 0.3 is 0 Å². The number of thiazole rings is 1. The fourth-order valence-corrected chi connectivity index (χ4v) is 5.08. The third-order valence-electron chi connectivity index (χ3n) is 5.74. The van der Waals surface area contributed by atoms with Crippen molar-refractivity contribution >= 4 is 33.4 Å². The molecule has 6 heteroatoms. The van der Waals surface area contributed by atoms with E-state index in [1.54, 1.807) is 17.0 Å². The number of hydrogen-bond acceptors (Lipinski definition) is 3. The third kappa shape index (κ3) is 3.59. The van der Waals surface area contributed by atoms with Gasteiger partial charge < -0.3 is 9.47 Å². The van der Waals surface area contributed by atoms with Gasteiger partial charge in [-0.05, 0) is 35.4 Å². The molecular formula is C25H21N3O2S. The number of para-hydroxylation sites is 1. The highest BCUT2D eigenvalue weighted by molar-refractivity contribution is 7.16. The van der Waals surface area contributed by atoms with Gasteiger partial charge in [-0.3, -0.25) is 9.59 Å². The van der Waals surface area contributed by atoms with Crippen molar-refractivity contribution in [1.82, 2.24) is 9.47 Å². The molecule has 0 spiro atoms. The lowest BCUT2D eigenvalue weighted by Gasteiger charge is -2.35. The van der Waals surface area contributed by atoms with E-state index in [-0.39, 0.29) is 11.8 Å². The van der Waals surface area contributed by atoms with Crippen LogP contribution in [0, 0.1) is 0 Å². The summed E-state index contributed by atoms with van der Waals surface area (Å²) >= 11 is 1.48. The maximum Gasteiger partial charge on any atom is 0.271 e. The molecule has 4 aromatic rings. The molecule has 1 aliphatic rings. The minimum absolute atomic E-state index is 0.149. The van der Waals surface area contributed by atoms with Crippen molar-refractivity contribution in [2.24, 2.45) is 12.0 Å². The van der Waals surface area contributed by atoms with E-state index >= 15 is 0 Å². The topological polar surface area (TPSA) is 54.7 Å². The van der Waals surface area contributed by atoms with Crippen LogP contribution in [-0.2, 0) is 24.8 Å². The van der Waals surface area contributed by atoms with Crippen LogP contribution in [0.1, 0.15) is 21.5 Å². The Kier molecular flexibility index (Phi) is 5.00. The lowest BCUT2D eigenvalue weighted by molar-refractivity contribution is -0.123. The number of aryl methyl sites for hydroxylation is 1. The zero-order chi connectivity index (χ0) is 21.4. The second-order valence-electron chi connectivity index (χ2n) is 7.65. The van der Waals surface area contributed by atoms with E-state index in [1.165, 1.54) is 11.3 Å². The van der Waals surface area contributed by atoms with E-state index in [0.717, 1.165) is 21.3 Å². The predicted molar refractivity (Wildman–Crippen MR) is 122 cm³/mol. The number of rotatable bonds is 2. The molecule has 0 saturated heterocycles. The molecule has 0 bridgehead atoms. The second-order valence-corrected chi connectivity index (χ2v) is 8.66. The number of carbonyl (C=O) groups is 2. The average Bonchev–Trinajstić information content (AvgIpc) is 3.13. The molecule has 1 atom stereocenters. The molecule has 5 nitrogen and oxygen atoms in total.